The van der Waals surface area contributed by atoms with Crippen molar-refractivity contribution in [3.05, 3.63) is 34.3 Å². The molecule has 1 fully saturated rings. The maximum atomic E-state index is 12.8. The van der Waals surface area contributed by atoms with Gasteiger partial charge in [0.1, 0.15) is 5.54 Å². The zero-order valence-electron chi connectivity index (χ0n) is 13.8. The molecule has 0 aromatic heterocycles. The second kappa shape index (κ2) is 9.23. The first kappa shape index (κ1) is 22.7. The Hall–Kier alpha value is -0.330. The van der Waals surface area contributed by atoms with Crippen LogP contribution in [0, 0.1) is 0 Å². The van der Waals surface area contributed by atoms with Crippen molar-refractivity contribution in [1.29, 1.82) is 0 Å². The number of carbonyl (C=O) groups is 1. The highest BCUT2D eigenvalue weighted by molar-refractivity contribution is 9.10. The standard InChI is InChI=1S/C16H24BrN3O.2ClH/c1-16(18,12-4-6-13(17)7-5-12)15(21)20-10-8-14(9-11-20)19(2)3;;/h4-7,14H,8-11,18H2,1-3H3;2*1H. The van der Waals surface area contributed by atoms with Gasteiger partial charge in [-0.2, -0.15) is 0 Å². The third-order valence-corrected chi connectivity index (χ3v) is 4.90. The summed E-state index contributed by atoms with van der Waals surface area (Å²) in [4.78, 5) is 16.9. The van der Waals surface area contributed by atoms with Crippen molar-refractivity contribution in [2.45, 2.75) is 31.3 Å². The first-order valence-electron chi connectivity index (χ1n) is 7.33. The second-order valence-electron chi connectivity index (χ2n) is 6.20. The molecule has 4 nitrogen and oxygen atoms in total. The molecule has 1 saturated heterocycles. The molecule has 1 aliphatic rings. The lowest BCUT2D eigenvalue weighted by Gasteiger charge is -2.38. The summed E-state index contributed by atoms with van der Waals surface area (Å²) < 4.78 is 0.987. The fraction of sp³-hybridized carbons (Fsp3) is 0.562. The van der Waals surface area contributed by atoms with Gasteiger partial charge in [0.15, 0.2) is 0 Å². The number of benzene rings is 1. The molecule has 1 aromatic rings. The number of hydrogen-bond donors (Lipinski definition) is 1. The van der Waals surface area contributed by atoms with Crippen LogP contribution in [-0.2, 0) is 10.3 Å². The lowest BCUT2D eigenvalue weighted by molar-refractivity contribution is -0.138. The molecule has 1 atom stereocenters. The van der Waals surface area contributed by atoms with Crippen LogP contribution in [0.1, 0.15) is 25.3 Å². The van der Waals surface area contributed by atoms with Gasteiger partial charge in [0.25, 0.3) is 0 Å². The summed E-state index contributed by atoms with van der Waals surface area (Å²) in [5, 5.41) is 0. The quantitative estimate of drug-likeness (QED) is 0.807. The van der Waals surface area contributed by atoms with E-state index in [0.717, 1.165) is 36.0 Å². The zero-order chi connectivity index (χ0) is 15.6. The topological polar surface area (TPSA) is 49.6 Å². The van der Waals surface area contributed by atoms with Gasteiger partial charge in [-0.05, 0) is 51.6 Å². The molecule has 1 aromatic carbocycles. The first-order valence-corrected chi connectivity index (χ1v) is 8.12. The van der Waals surface area contributed by atoms with Crippen LogP contribution >= 0.6 is 40.7 Å². The molecule has 0 saturated carbocycles. The summed E-state index contributed by atoms with van der Waals surface area (Å²) in [6.07, 6.45) is 2.02. The molecular weight excluding hydrogens is 401 g/mol. The van der Waals surface area contributed by atoms with E-state index in [1.165, 1.54) is 0 Å². The summed E-state index contributed by atoms with van der Waals surface area (Å²) in [6.45, 7) is 3.37. The molecule has 23 heavy (non-hydrogen) atoms. The van der Waals surface area contributed by atoms with Crippen molar-refractivity contribution in [2.24, 2.45) is 5.73 Å². The van der Waals surface area contributed by atoms with E-state index < -0.39 is 5.54 Å². The van der Waals surface area contributed by atoms with Gasteiger partial charge in [0.2, 0.25) is 5.91 Å². The highest BCUT2D eigenvalue weighted by atomic mass is 79.9. The van der Waals surface area contributed by atoms with Crippen molar-refractivity contribution in [3.63, 3.8) is 0 Å². The number of piperidine rings is 1. The number of rotatable bonds is 3. The van der Waals surface area contributed by atoms with Crippen molar-refractivity contribution < 1.29 is 4.79 Å². The van der Waals surface area contributed by atoms with E-state index in [1.54, 1.807) is 6.92 Å². The minimum atomic E-state index is -0.967. The van der Waals surface area contributed by atoms with E-state index in [2.05, 4.69) is 34.9 Å². The zero-order valence-corrected chi connectivity index (χ0v) is 17.0. The number of halogens is 3. The lowest BCUT2D eigenvalue weighted by atomic mass is 9.90. The SMILES string of the molecule is CN(C)C1CCN(C(=O)C(C)(N)c2ccc(Br)cc2)CC1.Cl.Cl. The Morgan fingerprint density at radius 3 is 2.13 bits per heavy atom. The molecule has 1 unspecified atom stereocenters. The van der Waals surface area contributed by atoms with E-state index in [-0.39, 0.29) is 30.7 Å². The number of likely N-dealkylation sites (tertiary alicyclic amines) is 1. The molecule has 1 amide bonds. The van der Waals surface area contributed by atoms with Crippen LogP contribution in [0.2, 0.25) is 0 Å². The van der Waals surface area contributed by atoms with Crippen molar-refractivity contribution in [1.82, 2.24) is 9.80 Å². The van der Waals surface area contributed by atoms with Gasteiger partial charge in [-0.15, -0.1) is 24.8 Å². The normalized spacial score (nSPS) is 17.9. The minimum Gasteiger partial charge on any atom is -0.341 e. The molecule has 1 heterocycles. The highest BCUT2D eigenvalue weighted by Crippen LogP contribution is 2.25. The third-order valence-electron chi connectivity index (χ3n) is 4.37. The monoisotopic (exact) mass is 425 g/mol. The Kier molecular flexibility index (Phi) is 9.10. The molecule has 0 bridgehead atoms. The summed E-state index contributed by atoms with van der Waals surface area (Å²) >= 11 is 3.41. The average molecular weight is 427 g/mol. The third kappa shape index (κ3) is 5.33. The molecule has 0 radical (unpaired) electrons. The summed E-state index contributed by atoms with van der Waals surface area (Å²) in [6, 6.07) is 8.23. The van der Waals surface area contributed by atoms with Gasteiger partial charge >= 0.3 is 0 Å². The predicted octanol–water partition coefficient (Wildman–Crippen LogP) is 3.02. The molecular formula is C16H26BrCl2N3O. The molecule has 132 valence electrons. The summed E-state index contributed by atoms with van der Waals surface area (Å²) in [7, 11) is 4.19. The van der Waals surface area contributed by atoms with E-state index in [4.69, 9.17) is 5.73 Å². The van der Waals surface area contributed by atoms with Gasteiger partial charge in [-0.1, -0.05) is 28.1 Å². The minimum absolute atomic E-state index is 0. The highest BCUT2D eigenvalue weighted by Gasteiger charge is 2.36. The maximum Gasteiger partial charge on any atom is 0.246 e. The van der Waals surface area contributed by atoms with E-state index in [9.17, 15) is 4.79 Å². The molecule has 1 aliphatic heterocycles. The van der Waals surface area contributed by atoms with Gasteiger partial charge < -0.3 is 15.5 Å². The number of hydrogen-bond acceptors (Lipinski definition) is 3. The Balaban J connectivity index is 0.00000242. The van der Waals surface area contributed by atoms with E-state index >= 15 is 0 Å². The summed E-state index contributed by atoms with van der Waals surface area (Å²) in [5.41, 5.74) is 6.23. The van der Waals surface area contributed by atoms with Crippen LogP contribution in [0.15, 0.2) is 28.7 Å². The average Bonchev–Trinajstić information content (AvgIpc) is 2.47. The molecule has 0 aliphatic carbocycles. The van der Waals surface area contributed by atoms with Crippen LogP contribution in [0.3, 0.4) is 0 Å². The lowest BCUT2D eigenvalue weighted by Crippen LogP contribution is -2.54. The van der Waals surface area contributed by atoms with Gasteiger partial charge in [-0.25, -0.2) is 0 Å². The van der Waals surface area contributed by atoms with Crippen LogP contribution < -0.4 is 5.73 Å². The first-order chi connectivity index (χ1) is 9.82. The number of nitrogens with two attached hydrogens (primary N) is 1. The second-order valence-corrected chi connectivity index (χ2v) is 7.11. The van der Waals surface area contributed by atoms with Crippen molar-refractivity contribution in [2.75, 3.05) is 27.2 Å². The smallest absolute Gasteiger partial charge is 0.246 e. The number of carbonyl (C=O) groups excluding carboxylic acids is 1. The largest absolute Gasteiger partial charge is 0.341 e. The summed E-state index contributed by atoms with van der Waals surface area (Å²) in [5.74, 6) is 0.0158. The molecule has 0 spiro atoms. The van der Waals surface area contributed by atoms with Crippen molar-refractivity contribution in [3.8, 4) is 0 Å². The number of nitrogens with zero attached hydrogens (tertiary/aromatic N) is 2. The number of amides is 1. The van der Waals surface area contributed by atoms with Gasteiger partial charge in [-0.3, -0.25) is 4.79 Å². The van der Waals surface area contributed by atoms with Crippen LogP contribution in [-0.4, -0.2) is 48.9 Å². The fourth-order valence-corrected chi connectivity index (χ4v) is 3.10. The predicted molar refractivity (Wildman–Crippen MR) is 103 cm³/mol. The Labute approximate surface area is 159 Å². The fourth-order valence-electron chi connectivity index (χ4n) is 2.83. The van der Waals surface area contributed by atoms with Gasteiger partial charge in [0.05, 0.1) is 0 Å². The Morgan fingerprint density at radius 2 is 1.70 bits per heavy atom. The molecule has 7 heteroatoms. The van der Waals surface area contributed by atoms with E-state index in [0.29, 0.717) is 6.04 Å². The molecule has 2 rings (SSSR count). The molecule has 2 N–H and O–H groups in total. The van der Waals surface area contributed by atoms with E-state index in [1.807, 2.05) is 29.2 Å². The Bertz CT molecular complexity index is 501. The van der Waals surface area contributed by atoms with Crippen LogP contribution in [0.25, 0.3) is 0 Å². The van der Waals surface area contributed by atoms with Crippen LogP contribution in [0.5, 0.6) is 0 Å². The Morgan fingerprint density at radius 1 is 1.22 bits per heavy atom. The van der Waals surface area contributed by atoms with Gasteiger partial charge in [0, 0.05) is 23.6 Å². The van der Waals surface area contributed by atoms with Crippen LogP contribution in [0.4, 0.5) is 0 Å². The maximum absolute atomic E-state index is 12.8. The van der Waals surface area contributed by atoms with Crippen molar-refractivity contribution >= 4 is 46.7 Å².